The number of anilines is 2. The Kier molecular flexibility index (Phi) is 5.75. The van der Waals surface area contributed by atoms with Crippen LogP contribution >= 0.6 is 11.3 Å². The molecule has 9 heteroatoms. The molecule has 0 atom stereocenters. The number of para-hydroxylation sites is 1. The number of carbonyl (C=O) groups excluding carboxylic acids is 1. The third kappa shape index (κ3) is 3.91. The number of benzene rings is 3. The molecule has 1 amide bonds. The van der Waals surface area contributed by atoms with Crippen LogP contribution in [0.3, 0.4) is 0 Å². The van der Waals surface area contributed by atoms with E-state index in [1.807, 2.05) is 43.3 Å². The molecule has 0 radical (unpaired) electrons. The molecule has 1 N–H and O–H groups in total. The van der Waals surface area contributed by atoms with Gasteiger partial charge < -0.3 is 4.74 Å². The van der Waals surface area contributed by atoms with E-state index < -0.39 is 10.0 Å². The molecule has 4 aromatic rings. The van der Waals surface area contributed by atoms with Gasteiger partial charge in [0, 0.05) is 12.1 Å². The van der Waals surface area contributed by atoms with Crippen LogP contribution in [0.4, 0.5) is 10.8 Å². The summed E-state index contributed by atoms with van der Waals surface area (Å²) >= 11 is 1.37. The Morgan fingerprint density at radius 1 is 1.09 bits per heavy atom. The van der Waals surface area contributed by atoms with Crippen molar-refractivity contribution in [3.63, 3.8) is 0 Å². The summed E-state index contributed by atoms with van der Waals surface area (Å²) < 4.78 is 34.4. The topological polar surface area (TPSA) is 88.6 Å². The van der Waals surface area contributed by atoms with Crippen LogP contribution in [0.2, 0.25) is 0 Å². The lowest BCUT2D eigenvalue weighted by Gasteiger charge is -2.30. The van der Waals surface area contributed by atoms with Gasteiger partial charge in [-0.1, -0.05) is 35.6 Å². The van der Waals surface area contributed by atoms with Crippen molar-refractivity contribution in [2.24, 2.45) is 0 Å². The summed E-state index contributed by atoms with van der Waals surface area (Å²) in [4.78, 5) is 17.5. The Balaban J connectivity index is 1.38. The van der Waals surface area contributed by atoms with Crippen molar-refractivity contribution in [2.75, 3.05) is 23.3 Å². The number of rotatable bonds is 5. The number of hydrogen-bond donors (Lipinski definition) is 1. The summed E-state index contributed by atoms with van der Waals surface area (Å²) in [5, 5.41) is 3.27. The maximum atomic E-state index is 13.3. The van der Waals surface area contributed by atoms with E-state index in [0.29, 0.717) is 28.5 Å². The second-order valence-electron chi connectivity index (χ2n) is 8.07. The number of carbonyl (C=O) groups is 1. The van der Waals surface area contributed by atoms with Crippen molar-refractivity contribution in [2.45, 2.75) is 24.7 Å². The number of hydrogen-bond acceptors (Lipinski definition) is 6. The van der Waals surface area contributed by atoms with Gasteiger partial charge in [0.2, 0.25) is 0 Å². The molecule has 3 aromatic carbocycles. The predicted molar refractivity (Wildman–Crippen MR) is 135 cm³/mol. The highest BCUT2D eigenvalue weighted by Crippen LogP contribution is 2.35. The van der Waals surface area contributed by atoms with Gasteiger partial charge >= 0.3 is 0 Å². The minimum absolute atomic E-state index is 0.154. The van der Waals surface area contributed by atoms with E-state index in [-0.39, 0.29) is 10.8 Å². The van der Waals surface area contributed by atoms with Gasteiger partial charge in [-0.2, -0.15) is 0 Å². The number of aromatic nitrogens is 1. The second-order valence-corrected chi connectivity index (χ2v) is 10.9. The Morgan fingerprint density at radius 3 is 2.62 bits per heavy atom. The highest BCUT2D eigenvalue weighted by molar-refractivity contribution is 7.92. The lowest BCUT2D eigenvalue weighted by Crippen LogP contribution is -2.35. The van der Waals surface area contributed by atoms with Crippen LogP contribution in [0, 0.1) is 6.92 Å². The summed E-state index contributed by atoms with van der Waals surface area (Å²) in [5.74, 6) is 0.286. The fourth-order valence-corrected chi connectivity index (χ4v) is 6.64. The van der Waals surface area contributed by atoms with E-state index >= 15 is 0 Å². The Labute approximate surface area is 202 Å². The zero-order chi connectivity index (χ0) is 23.9. The molecule has 0 fully saturated rings. The lowest BCUT2D eigenvalue weighted by atomic mass is 10.0. The van der Waals surface area contributed by atoms with Crippen LogP contribution in [0.15, 0.2) is 65.6 Å². The molecule has 0 aliphatic carbocycles. The molecule has 0 spiro atoms. The number of aryl methyl sites for hydroxylation is 2. The van der Waals surface area contributed by atoms with Gasteiger partial charge in [0.15, 0.2) is 5.13 Å². The summed E-state index contributed by atoms with van der Waals surface area (Å²) in [7, 11) is -2.15. The standard InChI is InChI=1S/C25H23N3O4S2/c1-16-9-14-21(32-2)22-23(16)33-25(26-22)27-24(29)18-10-12-19(13-11-18)34(30,31)28-15-5-7-17-6-3-4-8-20(17)28/h3-4,6,8-14H,5,7,15H2,1-2H3,(H,26,27,29). The molecule has 34 heavy (non-hydrogen) atoms. The van der Waals surface area contributed by atoms with Crippen LogP contribution in [0.25, 0.3) is 10.2 Å². The van der Waals surface area contributed by atoms with Crippen LogP contribution in [-0.2, 0) is 16.4 Å². The van der Waals surface area contributed by atoms with Crippen molar-refractivity contribution in [1.29, 1.82) is 0 Å². The van der Waals surface area contributed by atoms with Crippen LogP contribution in [-0.4, -0.2) is 33.0 Å². The number of methoxy groups -OCH3 is 1. The normalized spacial score (nSPS) is 13.5. The minimum atomic E-state index is -3.73. The SMILES string of the molecule is COc1ccc(C)c2sc(NC(=O)c3ccc(S(=O)(=O)N4CCCc5ccccc54)cc3)nc12. The Bertz CT molecular complexity index is 1490. The van der Waals surface area contributed by atoms with Gasteiger partial charge in [0.1, 0.15) is 11.3 Å². The van der Waals surface area contributed by atoms with Gasteiger partial charge in [0.05, 0.1) is 22.4 Å². The molecule has 174 valence electrons. The van der Waals surface area contributed by atoms with Crippen LogP contribution in [0.1, 0.15) is 27.9 Å². The fraction of sp³-hybridized carbons (Fsp3) is 0.200. The summed E-state index contributed by atoms with van der Waals surface area (Å²) in [6, 6.07) is 17.4. The predicted octanol–water partition coefficient (Wildman–Crippen LogP) is 5.01. The van der Waals surface area contributed by atoms with Gasteiger partial charge in [-0.25, -0.2) is 13.4 Å². The van der Waals surface area contributed by atoms with E-state index in [0.717, 1.165) is 34.4 Å². The molecule has 0 bridgehead atoms. The number of ether oxygens (including phenoxy) is 1. The van der Waals surface area contributed by atoms with Crippen molar-refractivity contribution >= 4 is 48.3 Å². The van der Waals surface area contributed by atoms with Gasteiger partial charge in [-0.15, -0.1) is 0 Å². The molecule has 5 rings (SSSR count). The van der Waals surface area contributed by atoms with Crippen molar-refractivity contribution in [3.05, 3.63) is 77.4 Å². The number of amides is 1. The van der Waals surface area contributed by atoms with Crippen molar-refractivity contribution < 1.29 is 17.9 Å². The number of thiazole rings is 1. The summed E-state index contributed by atoms with van der Waals surface area (Å²) in [6.45, 7) is 2.41. The van der Waals surface area contributed by atoms with E-state index in [2.05, 4.69) is 10.3 Å². The summed E-state index contributed by atoms with van der Waals surface area (Å²) in [5.41, 5.74) is 3.84. The quantitative estimate of drug-likeness (QED) is 0.422. The van der Waals surface area contributed by atoms with Crippen molar-refractivity contribution in [1.82, 2.24) is 4.98 Å². The van der Waals surface area contributed by atoms with Crippen molar-refractivity contribution in [3.8, 4) is 5.75 Å². The summed E-state index contributed by atoms with van der Waals surface area (Å²) in [6.07, 6.45) is 1.63. The van der Waals surface area contributed by atoms with Crippen LogP contribution in [0.5, 0.6) is 5.75 Å². The molecule has 1 aliphatic heterocycles. The number of sulfonamides is 1. The molecular formula is C25H23N3O4S2. The average molecular weight is 494 g/mol. The number of nitrogens with one attached hydrogen (secondary N) is 1. The third-order valence-corrected chi connectivity index (χ3v) is 8.85. The molecule has 1 aliphatic rings. The highest BCUT2D eigenvalue weighted by atomic mass is 32.2. The van der Waals surface area contributed by atoms with Gasteiger partial charge in [-0.05, 0) is 67.3 Å². The number of fused-ring (bicyclic) bond motifs is 2. The molecule has 0 saturated heterocycles. The van der Waals surface area contributed by atoms with Gasteiger partial charge in [-0.3, -0.25) is 14.4 Å². The smallest absolute Gasteiger partial charge is 0.264 e. The molecule has 0 unspecified atom stereocenters. The molecule has 7 nitrogen and oxygen atoms in total. The zero-order valence-corrected chi connectivity index (χ0v) is 20.4. The molecule has 0 saturated carbocycles. The maximum absolute atomic E-state index is 13.3. The first-order valence-corrected chi connectivity index (χ1v) is 13.1. The highest BCUT2D eigenvalue weighted by Gasteiger charge is 2.29. The van der Waals surface area contributed by atoms with E-state index in [4.69, 9.17) is 4.74 Å². The van der Waals surface area contributed by atoms with Crippen LogP contribution < -0.4 is 14.4 Å². The largest absolute Gasteiger partial charge is 0.494 e. The Hall–Kier alpha value is -3.43. The minimum Gasteiger partial charge on any atom is -0.494 e. The van der Waals surface area contributed by atoms with E-state index in [1.54, 1.807) is 7.11 Å². The van der Waals surface area contributed by atoms with E-state index in [1.165, 1.54) is 39.9 Å². The Morgan fingerprint density at radius 2 is 1.85 bits per heavy atom. The fourth-order valence-electron chi connectivity index (χ4n) is 4.15. The lowest BCUT2D eigenvalue weighted by molar-refractivity contribution is 0.102. The second kappa shape index (κ2) is 8.73. The third-order valence-electron chi connectivity index (χ3n) is 5.92. The maximum Gasteiger partial charge on any atom is 0.264 e. The first-order valence-electron chi connectivity index (χ1n) is 10.8. The number of nitrogens with zero attached hydrogens (tertiary/aromatic N) is 2. The monoisotopic (exact) mass is 493 g/mol. The first kappa shape index (κ1) is 22.4. The van der Waals surface area contributed by atoms with E-state index in [9.17, 15) is 13.2 Å². The van der Waals surface area contributed by atoms with Gasteiger partial charge in [0.25, 0.3) is 15.9 Å². The molecular weight excluding hydrogens is 470 g/mol. The molecule has 1 aromatic heterocycles. The first-order chi connectivity index (χ1) is 16.4. The molecule has 2 heterocycles. The average Bonchev–Trinajstić information content (AvgIpc) is 3.28. The zero-order valence-electron chi connectivity index (χ0n) is 18.7.